The second kappa shape index (κ2) is 9.09. The van der Waals surface area contributed by atoms with Crippen molar-refractivity contribution in [3.8, 4) is 0 Å². The Morgan fingerprint density at radius 3 is 2.54 bits per heavy atom. The number of halogens is 2. The Labute approximate surface area is 198 Å². The first-order chi connectivity index (χ1) is 16.9. The van der Waals surface area contributed by atoms with Gasteiger partial charge in [0.15, 0.2) is 0 Å². The highest BCUT2D eigenvalue weighted by molar-refractivity contribution is 5.95. The van der Waals surface area contributed by atoms with Gasteiger partial charge in [-0.3, -0.25) is 9.59 Å². The van der Waals surface area contributed by atoms with Crippen molar-refractivity contribution in [2.24, 2.45) is 0 Å². The fraction of sp³-hybridized carbons (Fsp3) is 0.208. The van der Waals surface area contributed by atoms with E-state index in [0.29, 0.717) is 48.8 Å². The lowest BCUT2D eigenvalue weighted by Crippen LogP contribution is -2.49. The number of amides is 1. The third kappa shape index (κ3) is 4.39. The van der Waals surface area contributed by atoms with Crippen LogP contribution in [0.2, 0.25) is 0 Å². The van der Waals surface area contributed by atoms with Crippen LogP contribution >= 0.6 is 0 Å². The number of nitrogens with zero attached hydrogens (tertiary/aromatic N) is 5. The summed E-state index contributed by atoms with van der Waals surface area (Å²) in [5, 5.41) is 6.81. The molecule has 3 N–H and O–H groups in total. The Morgan fingerprint density at radius 1 is 1.06 bits per heavy atom. The molecule has 1 saturated heterocycles. The maximum absolute atomic E-state index is 14.7. The lowest BCUT2D eigenvalue weighted by molar-refractivity contribution is 0.0741. The van der Waals surface area contributed by atoms with Gasteiger partial charge in [-0.2, -0.15) is 5.10 Å². The van der Waals surface area contributed by atoms with Gasteiger partial charge in [-0.25, -0.2) is 23.8 Å². The lowest BCUT2D eigenvalue weighted by atomic mass is 10.0. The van der Waals surface area contributed by atoms with Crippen molar-refractivity contribution in [2.75, 3.05) is 36.8 Å². The van der Waals surface area contributed by atoms with Gasteiger partial charge in [-0.1, -0.05) is 6.07 Å². The highest BCUT2D eigenvalue weighted by Crippen LogP contribution is 2.25. The number of fused-ring (bicyclic) bond motifs is 1. The Hall–Kier alpha value is -4.41. The first-order valence-corrected chi connectivity index (χ1v) is 11.0. The van der Waals surface area contributed by atoms with Gasteiger partial charge in [0.05, 0.1) is 16.6 Å². The molecule has 2 aromatic heterocycles. The number of nitrogens with two attached hydrogens (primary N) is 1. The van der Waals surface area contributed by atoms with Gasteiger partial charge in [0.1, 0.15) is 11.6 Å². The van der Waals surface area contributed by atoms with Crippen LogP contribution in [0.4, 0.5) is 20.4 Å². The summed E-state index contributed by atoms with van der Waals surface area (Å²) in [6.07, 6.45) is 3.47. The van der Waals surface area contributed by atoms with Crippen LogP contribution in [0.5, 0.6) is 0 Å². The fourth-order valence-electron chi connectivity index (χ4n) is 4.27. The molecule has 0 saturated carbocycles. The number of nitrogens with one attached hydrogen (secondary N) is 1. The van der Waals surface area contributed by atoms with Crippen molar-refractivity contribution in [2.45, 2.75) is 6.42 Å². The zero-order valence-electron chi connectivity index (χ0n) is 18.5. The molecule has 1 amide bonds. The molecule has 0 atom stereocenters. The van der Waals surface area contributed by atoms with E-state index in [2.05, 4.69) is 20.2 Å². The van der Waals surface area contributed by atoms with E-state index >= 15 is 0 Å². The molecular formula is C24H21F2N7O2. The minimum absolute atomic E-state index is 0.0559. The average molecular weight is 477 g/mol. The molecule has 1 aliphatic rings. The highest BCUT2D eigenvalue weighted by atomic mass is 19.1. The molecule has 9 nitrogen and oxygen atoms in total. The Kier molecular flexibility index (Phi) is 5.81. The molecule has 5 rings (SSSR count). The van der Waals surface area contributed by atoms with Gasteiger partial charge in [-0.15, -0.1) is 0 Å². The first-order valence-electron chi connectivity index (χ1n) is 11.0. The molecule has 35 heavy (non-hydrogen) atoms. The number of carbonyl (C=O) groups is 1. The number of anilines is 2. The molecule has 4 aromatic rings. The number of hydrogen-bond acceptors (Lipinski definition) is 7. The Balaban J connectivity index is 1.38. The molecule has 0 bridgehead atoms. The van der Waals surface area contributed by atoms with Gasteiger partial charge in [0.25, 0.3) is 11.5 Å². The number of rotatable bonds is 4. The predicted octanol–water partition coefficient (Wildman–Crippen LogP) is 2.13. The summed E-state index contributed by atoms with van der Waals surface area (Å²) in [7, 11) is 0. The van der Waals surface area contributed by atoms with E-state index in [-0.39, 0.29) is 23.1 Å². The summed E-state index contributed by atoms with van der Waals surface area (Å²) in [6, 6.07) is 8.19. The number of hydrogen-bond donors (Lipinski definition) is 2. The van der Waals surface area contributed by atoms with E-state index in [1.54, 1.807) is 23.4 Å². The molecule has 11 heteroatoms. The van der Waals surface area contributed by atoms with E-state index in [4.69, 9.17) is 5.73 Å². The number of aromatic nitrogens is 4. The maximum atomic E-state index is 14.7. The summed E-state index contributed by atoms with van der Waals surface area (Å²) in [4.78, 5) is 37.3. The number of nitrogen functional groups attached to an aromatic ring is 1. The zero-order chi connectivity index (χ0) is 24.5. The summed E-state index contributed by atoms with van der Waals surface area (Å²) < 4.78 is 28.4. The van der Waals surface area contributed by atoms with Crippen LogP contribution < -0.4 is 16.2 Å². The van der Waals surface area contributed by atoms with E-state index in [1.807, 2.05) is 4.90 Å². The minimum Gasteiger partial charge on any atom is -0.398 e. The van der Waals surface area contributed by atoms with Crippen molar-refractivity contribution in [3.63, 3.8) is 0 Å². The molecular weight excluding hydrogens is 456 g/mol. The summed E-state index contributed by atoms with van der Waals surface area (Å²) in [6.45, 7) is 1.85. The van der Waals surface area contributed by atoms with Crippen LogP contribution in [-0.4, -0.2) is 57.2 Å². The third-order valence-electron chi connectivity index (χ3n) is 5.99. The Morgan fingerprint density at radius 2 is 1.80 bits per heavy atom. The number of carbonyl (C=O) groups excluding carboxylic acids is 1. The Bertz CT molecular complexity index is 1470. The molecule has 0 unspecified atom stereocenters. The fourth-order valence-corrected chi connectivity index (χ4v) is 4.27. The van der Waals surface area contributed by atoms with E-state index in [9.17, 15) is 18.4 Å². The summed E-state index contributed by atoms with van der Waals surface area (Å²) in [5.74, 6) is -1.09. The van der Waals surface area contributed by atoms with Crippen LogP contribution in [-0.2, 0) is 6.42 Å². The summed E-state index contributed by atoms with van der Waals surface area (Å²) in [5.41, 5.74) is 6.40. The molecule has 0 aliphatic carbocycles. The molecule has 1 aliphatic heterocycles. The standard InChI is InChI=1S/C24H21F2N7O2/c25-15-12-17-21(19(27)13-15)20(30-31-22(17)34)11-14-2-3-18(26)16(10-14)23(35)32-6-8-33(9-7-32)24-28-4-1-5-29-24/h1-5,10,12-13H,6-9,11,27H2,(H,31,34). The van der Waals surface area contributed by atoms with Crippen LogP contribution in [0.3, 0.4) is 0 Å². The molecule has 1 fully saturated rings. The molecule has 0 radical (unpaired) electrons. The molecule has 2 aromatic carbocycles. The average Bonchev–Trinajstić information content (AvgIpc) is 2.87. The molecule has 178 valence electrons. The van der Waals surface area contributed by atoms with Crippen LogP contribution in [0.1, 0.15) is 21.6 Å². The minimum atomic E-state index is -0.633. The largest absolute Gasteiger partial charge is 0.398 e. The van der Waals surface area contributed by atoms with Crippen molar-refractivity contribution in [1.29, 1.82) is 0 Å². The van der Waals surface area contributed by atoms with E-state index < -0.39 is 23.1 Å². The van der Waals surface area contributed by atoms with E-state index in [0.717, 1.165) is 12.1 Å². The van der Waals surface area contributed by atoms with E-state index in [1.165, 1.54) is 18.2 Å². The summed E-state index contributed by atoms with van der Waals surface area (Å²) >= 11 is 0. The number of H-pyrrole nitrogens is 1. The van der Waals surface area contributed by atoms with Gasteiger partial charge >= 0.3 is 0 Å². The van der Waals surface area contributed by atoms with Crippen LogP contribution in [0, 0.1) is 11.6 Å². The quantitative estimate of drug-likeness (QED) is 0.432. The van der Waals surface area contributed by atoms with Gasteiger partial charge in [0, 0.05) is 56.1 Å². The maximum Gasteiger partial charge on any atom is 0.272 e. The van der Waals surface area contributed by atoms with Crippen molar-refractivity contribution < 1.29 is 13.6 Å². The topological polar surface area (TPSA) is 121 Å². The number of aromatic amines is 1. The van der Waals surface area contributed by atoms with Crippen LogP contribution in [0.15, 0.2) is 53.6 Å². The second-order valence-corrected chi connectivity index (χ2v) is 8.24. The number of benzene rings is 2. The third-order valence-corrected chi connectivity index (χ3v) is 5.99. The van der Waals surface area contributed by atoms with Crippen LogP contribution in [0.25, 0.3) is 10.8 Å². The second-order valence-electron chi connectivity index (χ2n) is 8.24. The molecule has 3 heterocycles. The smallest absolute Gasteiger partial charge is 0.272 e. The van der Waals surface area contributed by atoms with Gasteiger partial charge < -0.3 is 15.5 Å². The normalized spacial score (nSPS) is 13.9. The zero-order valence-corrected chi connectivity index (χ0v) is 18.5. The van der Waals surface area contributed by atoms with Crippen molar-refractivity contribution in [1.82, 2.24) is 25.1 Å². The van der Waals surface area contributed by atoms with Gasteiger partial charge in [-0.05, 0) is 35.9 Å². The first kappa shape index (κ1) is 22.4. The molecule has 0 spiro atoms. The number of piperazine rings is 1. The highest BCUT2D eigenvalue weighted by Gasteiger charge is 2.25. The van der Waals surface area contributed by atoms with Crippen molar-refractivity contribution in [3.05, 3.63) is 87.6 Å². The van der Waals surface area contributed by atoms with Gasteiger partial charge in [0.2, 0.25) is 5.95 Å². The lowest BCUT2D eigenvalue weighted by Gasteiger charge is -2.34. The monoisotopic (exact) mass is 477 g/mol. The van der Waals surface area contributed by atoms with Crippen molar-refractivity contribution >= 4 is 28.3 Å². The predicted molar refractivity (Wildman–Crippen MR) is 126 cm³/mol. The SMILES string of the molecule is Nc1cc(F)cc2c(=O)[nH]nc(Cc3ccc(F)c(C(=O)N4CCN(c5ncccn5)CC4)c3)c12.